The fourth-order valence-electron chi connectivity index (χ4n) is 2.18. The molecule has 1 aromatic rings. The Morgan fingerprint density at radius 2 is 2.00 bits per heavy atom. The van der Waals surface area contributed by atoms with Gasteiger partial charge in [-0.25, -0.2) is 0 Å². The molecule has 3 heteroatoms. The average molecular weight is 230 g/mol. The number of ether oxygens (including phenoxy) is 1. The maximum Gasteiger partial charge on any atom is 0.0991 e. The van der Waals surface area contributed by atoms with Crippen molar-refractivity contribution in [3.63, 3.8) is 0 Å². The predicted molar refractivity (Wildman–Crippen MR) is 68.3 cm³/mol. The molecule has 0 bridgehead atoms. The first-order valence-corrected chi connectivity index (χ1v) is 6.09. The summed E-state index contributed by atoms with van der Waals surface area (Å²) in [5.41, 5.74) is 3.25. The standard InChI is InChI=1S/C14H18N2O/c1-11(2)13-9-12(10-15)3-4-14(13)16-5-7-17-8-6-16/h3-4,9,11H,5-8H2,1-2H3. The molecule has 2 rings (SSSR count). The normalized spacial score (nSPS) is 16.0. The fraction of sp³-hybridized carbons (Fsp3) is 0.500. The Hall–Kier alpha value is -1.53. The topological polar surface area (TPSA) is 36.3 Å². The van der Waals surface area contributed by atoms with Gasteiger partial charge >= 0.3 is 0 Å². The number of hydrogen-bond acceptors (Lipinski definition) is 3. The minimum absolute atomic E-state index is 0.432. The second kappa shape index (κ2) is 5.20. The fourth-order valence-corrected chi connectivity index (χ4v) is 2.18. The van der Waals surface area contributed by atoms with Crippen molar-refractivity contribution < 1.29 is 4.74 Å². The van der Waals surface area contributed by atoms with Crippen molar-refractivity contribution >= 4 is 5.69 Å². The molecule has 0 aliphatic carbocycles. The van der Waals surface area contributed by atoms with Gasteiger partial charge in [-0.15, -0.1) is 0 Å². The molecule has 3 nitrogen and oxygen atoms in total. The Morgan fingerprint density at radius 3 is 2.59 bits per heavy atom. The van der Waals surface area contributed by atoms with Crippen molar-refractivity contribution in [1.82, 2.24) is 0 Å². The highest BCUT2D eigenvalue weighted by molar-refractivity contribution is 5.58. The van der Waals surface area contributed by atoms with Crippen molar-refractivity contribution in [2.24, 2.45) is 0 Å². The molecule has 0 aromatic heterocycles. The molecule has 0 atom stereocenters. The van der Waals surface area contributed by atoms with Crippen LogP contribution in [-0.2, 0) is 4.74 Å². The second-order valence-corrected chi connectivity index (χ2v) is 4.64. The number of benzene rings is 1. The molecule has 1 heterocycles. The summed E-state index contributed by atoms with van der Waals surface area (Å²) in [6, 6.07) is 8.19. The minimum Gasteiger partial charge on any atom is -0.378 e. The van der Waals surface area contributed by atoms with Gasteiger partial charge in [-0.05, 0) is 29.7 Å². The molecule has 1 aliphatic rings. The van der Waals surface area contributed by atoms with E-state index in [0.29, 0.717) is 5.92 Å². The van der Waals surface area contributed by atoms with Gasteiger partial charge in [0.1, 0.15) is 0 Å². The van der Waals surface area contributed by atoms with Crippen LogP contribution in [0.3, 0.4) is 0 Å². The minimum atomic E-state index is 0.432. The van der Waals surface area contributed by atoms with Crippen LogP contribution in [0.4, 0.5) is 5.69 Å². The van der Waals surface area contributed by atoms with E-state index in [1.807, 2.05) is 12.1 Å². The monoisotopic (exact) mass is 230 g/mol. The number of morpholine rings is 1. The Kier molecular flexibility index (Phi) is 3.65. The largest absolute Gasteiger partial charge is 0.378 e. The first kappa shape index (κ1) is 11.9. The van der Waals surface area contributed by atoms with Gasteiger partial charge in [0.15, 0.2) is 0 Å². The molecule has 0 radical (unpaired) electrons. The van der Waals surface area contributed by atoms with Crippen LogP contribution in [0.1, 0.15) is 30.9 Å². The molecule has 1 saturated heterocycles. The summed E-state index contributed by atoms with van der Waals surface area (Å²) >= 11 is 0. The van der Waals surface area contributed by atoms with Gasteiger partial charge in [0, 0.05) is 18.8 Å². The van der Waals surface area contributed by atoms with Crippen LogP contribution in [0.2, 0.25) is 0 Å². The van der Waals surface area contributed by atoms with Crippen LogP contribution in [0.5, 0.6) is 0 Å². The highest BCUT2D eigenvalue weighted by atomic mass is 16.5. The molecule has 0 saturated carbocycles. The van der Waals surface area contributed by atoms with E-state index in [1.165, 1.54) is 11.3 Å². The third kappa shape index (κ3) is 2.59. The van der Waals surface area contributed by atoms with E-state index in [2.05, 4.69) is 30.9 Å². The van der Waals surface area contributed by atoms with E-state index < -0.39 is 0 Å². The number of hydrogen-bond donors (Lipinski definition) is 0. The lowest BCUT2D eigenvalue weighted by Gasteiger charge is -2.31. The summed E-state index contributed by atoms with van der Waals surface area (Å²) in [6.45, 7) is 7.78. The van der Waals surface area contributed by atoms with Crippen molar-refractivity contribution in [2.45, 2.75) is 19.8 Å². The molecule has 0 unspecified atom stereocenters. The molecule has 17 heavy (non-hydrogen) atoms. The third-order valence-electron chi connectivity index (χ3n) is 3.13. The van der Waals surface area contributed by atoms with Crippen LogP contribution in [0, 0.1) is 11.3 Å². The molecule has 1 aliphatic heterocycles. The number of anilines is 1. The molecule has 0 N–H and O–H groups in total. The summed E-state index contributed by atoms with van der Waals surface area (Å²) in [4.78, 5) is 2.35. The molecule has 0 amide bonds. The van der Waals surface area contributed by atoms with Crippen molar-refractivity contribution in [3.8, 4) is 6.07 Å². The van der Waals surface area contributed by atoms with E-state index in [0.717, 1.165) is 31.9 Å². The van der Waals surface area contributed by atoms with Gasteiger partial charge < -0.3 is 9.64 Å². The van der Waals surface area contributed by atoms with Crippen molar-refractivity contribution in [3.05, 3.63) is 29.3 Å². The molecule has 1 aromatic carbocycles. The van der Waals surface area contributed by atoms with Crippen LogP contribution in [0.25, 0.3) is 0 Å². The predicted octanol–water partition coefficient (Wildman–Crippen LogP) is 2.52. The maximum absolute atomic E-state index is 8.96. The summed E-state index contributed by atoms with van der Waals surface area (Å²) in [5.74, 6) is 0.432. The Balaban J connectivity index is 2.35. The van der Waals surface area contributed by atoms with Gasteiger partial charge in [0.05, 0.1) is 24.8 Å². The van der Waals surface area contributed by atoms with E-state index in [4.69, 9.17) is 10.00 Å². The lowest BCUT2D eigenvalue weighted by molar-refractivity contribution is 0.122. The molecule has 90 valence electrons. The Labute approximate surface area is 103 Å². The smallest absolute Gasteiger partial charge is 0.0991 e. The highest BCUT2D eigenvalue weighted by Gasteiger charge is 2.16. The lowest BCUT2D eigenvalue weighted by Crippen LogP contribution is -2.36. The maximum atomic E-state index is 8.96. The quantitative estimate of drug-likeness (QED) is 0.783. The molecular weight excluding hydrogens is 212 g/mol. The van der Waals surface area contributed by atoms with Crippen molar-refractivity contribution in [1.29, 1.82) is 5.26 Å². The summed E-state index contributed by atoms with van der Waals surface area (Å²) < 4.78 is 5.37. The second-order valence-electron chi connectivity index (χ2n) is 4.64. The highest BCUT2D eigenvalue weighted by Crippen LogP contribution is 2.29. The first-order valence-electron chi connectivity index (χ1n) is 6.09. The number of nitriles is 1. The molecule has 0 spiro atoms. The summed E-state index contributed by atoms with van der Waals surface area (Å²) in [5, 5.41) is 8.96. The van der Waals surface area contributed by atoms with E-state index in [9.17, 15) is 0 Å². The van der Waals surface area contributed by atoms with E-state index in [1.54, 1.807) is 0 Å². The summed E-state index contributed by atoms with van der Waals surface area (Å²) in [6.07, 6.45) is 0. The molecule has 1 fully saturated rings. The van der Waals surface area contributed by atoms with Crippen molar-refractivity contribution in [2.75, 3.05) is 31.2 Å². The third-order valence-corrected chi connectivity index (χ3v) is 3.13. The number of rotatable bonds is 2. The Morgan fingerprint density at radius 1 is 1.29 bits per heavy atom. The van der Waals surface area contributed by atoms with Gasteiger partial charge in [0.25, 0.3) is 0 Å². The summed E-state index contributed by atoms with van der Waals surface area (Å²) in [7, 11) is 0. The average Bonchev–Trinajstić information content (AvgIpc) is 2.39. The van der Waals surface area contributed by atoms with E-state index in [-0.39, 0.29) is 0 Å². The van der Waals surface area contributed by atoms with Crippen LogP contribution < -0.4 is 4.90 Å². The van der Waals surface area contributed by atoms with Crippen LogP contribution in [-0.4, -0.2) is 26.3 Å². The number of nitrogens with zero attached hydrogens (tertiary/aromatic N) is 2. The SMILES string of the molecule is CC(C)c1cc(C#N)ccc1N1CCOCC1. The first-order chi connectivity index (χ1) is 8.22. The van der Waals surface area contributed by atoms with Gasteiger partial charge in [-0.2, -0.15) is 5.26 Å². The zero-order chi connectivity index (χ0) is 12.3. The van der Waals surface area contributed by atoms with Crippen LogP contribution in [0.15, 0.2) is 18.2 Å². The van der Waals surface area contributed by atoms with Gasteiger partial charge in [-0.1, -0.05) is 13.8 Å². The zero-order valence-electron chi connectivity index (χ0n) is 10.4. The van der Waals surface area contributed by atoms with Gasteiger partial charge in [-0.3, -0.25) is 0 Å². The Bertz CT molecular complexity index is 428. The lowest BCUT2D eigenvalue weighted by atomic mass is 9.98. The van der Waals surface area contributed by atoms with E-state index >= 15 is 0 Å². The van der Waals surface area contributed by atoms with Gasteiger partial charge in [0.2, 0.25) is 0 Å². The zero-order valence-corrected chi connectivity index (χ0v) is 10.4. The molecular formula is C14H18N2O. The van der Waals surface area contributed by atoms with Crippen LogP contribution >= 0.6 is 0 Å².